The maximum absolute atomic E-state index is 13.1. The molecule has 3 rings (SSSR count). The van der Waals surface area contributed by atoms with Gasteiger partial charge in [0.25, 0.3) is 12.1 Å². The molecule has 0 fully saturated rings. The van der Waals surface area contributed by atoms with Gasteiger partial charge in [-0.25, -0.2) is 4.79 Å². The normalized spacial score (nSPS) is 17.3. The molecule has 2 aromatic rings. The number of carbonyl (C=O) groups excluding carboxylic acids is 1. The van der Waals surface area contributed by atoms with Gasteiger partial charge in [0.05, 0.1) is 37.5 Å². The van der Waals surface area contributed by atoms with E-state index in [4.69, 9.17) is 9.47 Å². The lowest BCUT2D eigenvalue weighted by Crippen LogP contribution is -2.52. The van der Waals surface area contributed by atoms with E-state index in [9.17, 15) is 4.79 Å². The Bertz CT molecular complexity index is 1060. The van der Waals surface area contributed by atoms with E-state index in [1.165, 1.54) is 88.8 Å². The van der Waals surface area contributed by atoms with Gasteiger partial charge in [-0.1, -0.05) is 122 Å². The van der Waals surface area contributed by atoms with Crippen molar-refractivity contribution in [3.8, 4) is 5.88 Å². The van der Waals surface area contributed by atoms with Crippen LogP contribution in [-0.4, -0.2) is 52.6 Å². The van der Waals surface area contributed by atoms with Gasteiger partial charge in [-0.3, -0.25) is 4.48 Å². The number of aromatic nitrogens is 2. The number of quaternary nitrogens is 1. The summed E-state index contributed by atoms with van der Waals surface area (Å²) in [5, 5.41) is 3.03. The number of carbonyl (C=O) groups is 1. The molecular formula is C35H57N4O3S+. The lowest BCUT2D eigenvalue weighted by Gasteiger charge is -2.42. The van der Waals surface area contributed by atoms with E-state index in [1.54, 1.807) is 0 Å². The zero-order valence-electron chi connectivity index (χ0n) is 27.2. The molecule has 1 aromatic heterocycles. The second-order valence-corrected chi connectivity index (χ2v) is 12.9. The lowest BCUT2D eigenvalue weighted by molar-refractivity contribution is -0.953. The van der Waals surface area contributed by atoms with Gasteiger partial charge in [-0.2, -0.15) is 4.37 Å². The Kier molecular flexibility index (Phi) is 16.7. The number of unbranched alkanes of at least 4 members (excludes halogenated alkanes) is 13. The molecule has 1 aliphatic heterocycles. The van der Waals surface area contributed by atoms with E-state index >= 15 is 0 Å². The molecule has 1 N–H and O–H groups in total. The average Bonchev–Trinajstić information content (AvgIpc) is 3.49. The highest BCUT2D eigenvalue weighted by Crippen LogP contribution is 2.37. The fourth-order valence-electron chi connectivity index (χ4n) is 5.90. The molecule has 7 nitrogen and oxygen atoms in total. The SMILES string of the molecule is CCCCCCCCCCCCCNC(=O)OC(c1ccccc1)[N+]1(C)CCC=C(c2nsnc2OCCCCCC)C1. The van der Waals surface area contributed by atoms with Crippen molar-refractivity contribution in [1.82, 2.24) is 14.1 Å². The molecule has 0 bridgehead atoms. The number of likely N-dealkylation sites (N-methyl/N-ethyl adjacent to an activating group) is 1. The maximum Gasteiger partial charge on any atom is 0.411 e. The molecule has 1 aliphatic rings. The van der Waals surface area contributed by atoms with Crippen molar-refractivity contribution >= 4 is 23.4 Å². The molecular weight excluding hydrogens is 556 g/mol. The Hall–Kier alpha value is -2.45. The standard InChI is InChI=1S/C35H56N4O3S/c1-4-6-8-10-11-12-13-14-15-16-20-26-36-35(40)42-34(30-23-18-17-19-24-30)39(3)27-22-25-31(29-39)32-33(38-43-37-32)41-28-21-9-7-5-2/h17-19,23-25,34H,4-16,20-22,26-29H2,1-3H3/p+1. The molecule has 43 heavy (non-hydrogen) atoms. The largest absolute Gasteiger partial charge is 0.475 e. The highest BCUT2D eigenvalue weighted by atomic mass is 32.1. The van der Waals surface area contributed by atoms with Crippen LogP contribution in [0.1, 0.15) is 134 Å². The number of nitrogens with zero attached hydrogens (tertiary/aromatic N) is 3. The Labute approximate surface area is 265 Å². The molecule has 1 amide bonds. The Morgan fingerprint density at radius 3 is 2.19 bits per heavy atom. The first kappa shape index (κ1) is 35.0. The summed E-state index contributed by atoms with van der Waals surface area (Å²) >= 11 is 1.20. The van der Waals surface area contributed by atoms with Gasteiger partial charge < -0.3 is 14.8 Å². The second kappa shape index (κ2) is 20.5. The number of amides is 1. The minimum absolute atomic E-state index is 0.345. The molecule has 0 saturated heterocycles. The fraction of sp³-hybridized carbons (Fsp3) is 0.686. The van der Waals surface area contributed by atoms with Gasteiger partial charge in [-0.05, 0) is 25.0 Å². The summed E-state index contributed by atoms with van der Waals surface area (Å²) in [5.41, 5.74) is 2.94. The second-order valence-electron chi connectivity index (χ2n) is 12.3. The third-order valence-electron chi connectivity index (χ3n) is 8.48. The third kappa shape index (κ3) is 12.6. The van der Waals surface area contributed by atoms with Crippen molar-refractivity contribution in [2.24, 2.45) is 0 Å². The zero-order chi connectivity index (χ0) is 30.6. The smallest absolute Gasteiger partial charge is 0.411 e. The number of alkyl carbamates (subject to hydrolysis) is 1. The van der Waals surface area contributed by atoms with Crippen molar-refractivity contribution in [3.05, 3.63) is 47.7 Å². The predicted molar refractivity (Wildman–Crippen MR) is 178 cm³/mol. The van der Waals surface area contributed by atoms with E-state index < -0.39 is 6.23 Å². The topological polar surface area (TPSA) is 73.3 Å². The molecule has 2 unspecified atom stereocenters. The molecule has 1 aromatic carbocycles. The first-order chi connectivity index (χ1) is 21.1. The van der Waals surface area contributed by atoms with Crippen LogP contribution in [-0.2, 0) is 4.74 Å². The molecule has 0 saturated carbocycles. The Balaban J connectivity index is 1.49. The van der Waals surface area contributed by atoms with Crippen LogP contribution in [0, 0.1) is 0 Å². The van der Waals surface area contributed by atoms with Crippen LogP contribution in [0.4, 0.5) is 4.79 Å². The summed E-state index contributed by atoms with van der Waals surface area (Å²) < 4.78 is 21.9. The number of hydrogen-bond acceptors (Lipinski definition) is 6. The molecule has 2 atom stereocenters. The Morgan fingerprint density at radius 1 is 0.884 bits per heavy atom. The summed E-state index contributed by atoms with van der Waals surface area (Å²) in [6.07, 6.45) is 21.1. The van der Waals surface area contributed by atoms with E-state index in [2.05, 4.69) is 53.2 Å². The van der Waals surface area contributed by atoms with Crippen LogP contribution < -0.4 is 10.1 Å². The summed E-state index contributed by atoms with van der Waals surface area (Å²) in [6, 6.07) is 10.1. The summed E-state index contributed by atoms with van der Waals surface area (Å²) in [6.45, 7) is 7.33. The van der Waals surface area contributed by atoms with Crippen molar-refractivity contribution in [2.45, 2.75) is 123 Å². The number of benzene rings is 1. The molecule has 0 spiro atoms. The van der Waals surface area contributed by atoms with Crippen LogP contribution in [0.5, 0.6) is 5.88 Å². The van der Waals surface area contributed by atoms with Gasteiger partial charge in [0.15, 0.2) is 0 Å². The molecule has 2 heterocycles. The molecule has 240 valence electrons. The highest BCUT2D eigenvalue weighted by molar-refractivity contribution is 6.99. The van der Waals surface area contributed by atoms with Gasteiger partial charge in [0, 0.05) is 18.5 Å². The summed E-state index contributed by atoms with van der Waals surface area (Å²) in [7, 11) is 2.17. The van der Waals surface area contributed by atoms with Crippen LogP contribution in [0.2, 0.25) is 0 Å². The molecule has 8 heteroatoms. The van der Waals surface area contributed by atoms with Crippen LogP contribution in [0.15, 0.2) is 36.4 Å². The van der Waals surface area contributed by atoms with E-state index in [0.717, 1.165) is 49.1 Å². The number of nitrogens with one attached hydrogen (secondary N) is 1. The van der Waals surface area contributed by atoms with Gasteiger partial charge >= 0.3 is 6.09 Å². The number of rotatable bonds is 22. The number of ether oxygens (including phenoxy) is 2. The molecule has 0 radical (unpaired) electrons. The lowest BCUT2D eigenvalue weighted by atomic mass is 10.0. The van der Waals surface area contributed by atoms with Gasteiger partial charge in [-0.15, -0.1) is 4.37 Å². The van der Waals surface area contributed by atoms with Crippen molar-refractivity contribution < 1.29 is 18.8 Å². The minimum Gasteiger partial charge on any atom is -0.475 e. The van der Waals surface area contributed by atoms with Crippen molar-refractivity contribution in [3.63, 3.8) is 0 Å². The van der Waals surface area contributed by atoms with E-state index in [0.29, 0.717) is 30.1 Å². The van der Waals surface area contributed by atoms with Gasteiger partial charge in [0.2, 0.25) is 0 Å². The zero-order valence-corrected chi connectivity index (χ0v) is 28.0. The maximum atomic E-state index is 13.1. The predicted octanol–water partition coefficient (Wildman–Crippen LogP) is 9.47. The van der Waals surface area contributed by atoms with Crippen molar-refractivity contribution in [1.29, 1.82) is 0 Å². The van der Waals surface area contributed by atoms with Crippen LogP contribution in [0.3, 0.4) is 0 Å². The van der Waals surface area contributed by atoms with Crippen LogP contribution in [0.25, 0.3) is 5.57 Å². The first-order valence-electron chi connectivity index (χ1n) is 17.1. The quantitative estimate of drug-likeness (QED) is 0.106. The first-order valence-corrected chi connectivity index (χ1v) is 17.8. The summed E-state index contributed by atoms with van der Waals surface area (Å²) in [4.78, 5) is 13.1. The average molecular weight is 614 g/mol. The van der Waals surface area contributed by atoms with E-state index in [1.807, 2.05) is 18.2 Å². The summed E-state index contributed by atoms with van der Waals surface area (Å²) in [5.74, 6) is 0.628. The Morgan fingerprint density at radius 2 is 1.51 bits per heavy atom. The van der Waals surface area contributed by atoms with Gasteiger partial charge in [0.1, 0.15) is 12.2 Å². The number of hydrogen-bond donors (Lipinski definition) is 1. The fourth-order valence-corrected chi connectivity index (χ4v) is 6.43. The van der Waals surface area contributed by atoms with E-state index in [-0.39, 0.29) is 6.09 Å². The van der Waals surface area contributed by atoms with Crippen molar-refractivity contribution in [2.75, 3.05) is 33.3 Å². The molecule has 0 aliphatic carbocycles. The minimum atomic E-state index is -0.424. The third-order valence-corrected chi connectivity index (χ3v) is 8.99. The highest BCUT2D eigenvalue weighted by Gasteiger charge is 2.40. The monoisotopic (exact) mass is 613 g/mol. The van der Waals surface area contributed by atoms with Crippen LogP contribution >= 0.6 is 11.7 Å².